The van der Waals surface area contributed by atoms with E-state index >= 15 is 0 Å². The molecule has 2 unspecified atom stereocenters. The molecule has 3 rings (SSSR count). The first-order valence-electron chi connectivity index (χ1n) is 3.61. The molecule has 0 saturated carbocycles. The van der Waals surface area contributed by atoms with Crippen LogP contribution in [0.4, 0.5) is 0 Å². The van der Waals surface area contributed by atoms with Crippen LogP contribution in [0.15, 0.2) is 0 Å². The third kappa shape index (κ3) is 1.30. The molecule has 0 spiro atoms. The number of fused-ring (bicyclic) bond motifs is 4. The Morgan fingerprint density at radius 2 is 2.40 bits per heavy atom. The lowest BCUT2D eigenvalue weighted by molar-refractivity contribution is -0.000312. The van der Waals surface area contributed by atoms with E-state index in [-0.39, 0.29) is 0 Å². The van der Waals surface area contributed by atoms with Crippen LogP contribution in [0.1, 0.15) is 0 Å². The Morgan fingerprint density at radius 1 is 1.50 bits per heavy atom. The zero-order valence-corrected chi connectivity index (χ0v) is 7.87. The van der Waals surface area contributed by atoms with Gasteiger partial charge in [0.25, 0.3) is 0 Å². The molecule has 0 aromatic carbocycles. The minimum Gasteiger partial charge on any atom is -0.374 e. The molecule has 3 nitrogen and oxygen atoms in total. The lowest BCUT2D eigenvalue weighted by atomic mass is 10.2. The average molecular weight is 254 g/mol. The summed E-state index contributed by atoms with van der Waals surface area (Å²) < 4.78 is 7.92. The van der Waals surface area contributed by atoms with E-state index in [1.807, 2.05) is 0 Å². The van der Waals surface area contributed by atoms with Gasteiger partial charge >= 0.3 is 0 Å². The number of nitrogens with zero attached hydrogens (tertiary/aromatic N) is 1. The third-order valence-electron chi connectivity index (χ3n) is 2.05. The number of morpholine rings is 1. The van der Waals surface area contributed by atoms with Crippen LogP contribution in [0.2, 0.25) is 0 Å². The second-order valence-electron chi connectivity index (χ2n) is 2.85. The molecule has 0 aliphatic carbocycles. The lowest BCUT2D eigenvalue weighted by Crippen LogP contribution is -2.43. The highest BCUT2D eigenvalue weighted by molar-refractivity contribution is 14.1. The Bertz CT molecular complexity index is 129. The molecule has 0 amide bonds. The monoisotopic (exact) mass is 254 g/mol. The molecule has 3 fully saturated rings. The molecule has 2 bridgehead atoms. The van der Waals surface area contributed by atoms with E-state index in [4.69, 9.17) is 4.74 Å². The van der Waals surface area contributed by atoms with Crippen LogP contribution in [-0.4, -0.2) is 41.5 Å². The minimum absolute atomic E-state index is 0.427. The van der Waals surface area contributed by atoms with Gasteiger partial charge in [-0.25, -0.2) is 3.11 Å². The highest BCUT2D eigenvalue weighted by Gasteiger charge is 2.30. The maximum atomic E-state index is 5.56. The predicted octanol–water partition coefficient (Wildman–Crippen LogP) is 0.00900. The number of nitrogens with one attached hydrogen (secondary N) is 1. The van der Waals surface area contributed by atoms with Crippen molar-refractivity contribution in [2.75, 3.05) is 26.2 Å². The normalized spacial score (nSPS) is 41.7. The molecule has 0 radical (unpaired) electrons. The predicted molar refractivity (Wildman–Crippen MR) is 47.1 cm³/mol. The molecule has 58 valence electrons. The average Bonchev–Trinajstić information content (AvgIpc) is 2.20. The molecule has 3 aliphatic rings. The van der Waals surface area contributed by atoms with Crippen molar-refractivity contribution in [2.24, 2.45) is 0 Å². The molecule has 1 N–H and O–H groups in total. The Balaban J connectivity index is 2.07. The van der Waals surface area contributed by atoms with Crippen molar-refractivity contribution >= 4 is 22.9 Å². The minimum atomic E-state index is 0.427. The van der Waals surface area contributed by atoms with Gasteiger partial charge in [0.15, 0.2) is 0 Å². The van der Waals surface area contributed by atoms with Crippen molar-refractivity contribution in [3.63, 3.8) is 0 Å². The Labute approximate surface area is 74.6 Å². The number of halogens is 1. The summed E-state index contributed by atoms with van der Waals surface area (Å²) in [5.74, 6) is 0. The van der Waals surface area contributed by atoms with Gasteiger partial charge in [-0.1, -0.05) is 0 Å². The summed E-state index contributed by atoms with van der Waals surface area (Å²) in [5.41, 5.74) is 0. The van der Waals surface area contributed by atoms with Gasteiger partial charge in [0.1, 0.15) is 0 Å². The van der Waals surface area contributed by atoms with E-state index in [0.717, 1.165) is 26.2 Å². The lowest BCUT2D eigenvalue weighted by Gasteiger charge is -2.30. The van der Waals surface area contributed by atoms with Gasteiger partial charge in [-0.05, 0) is 0 Å². The second-order valence-corrected chi connectivity index (χ2v) is 4.09. The van der Waals surface area contributed by atoms with E-state index in [2.05, 4.69) is 31.3 Å². The molecule has 0 aromatic rings. The van der Waals surface area contributed by atoms with E-state index in [0.29, 0.717) is 12.1 Å². The first-order valence-corrected chi connectivity index (χ1v) is 4.57. The van der Waals surface area contributed by atoms with Crippen molar-refractivity contribution in [3.05, 3.63) is 0 Å². The Hall–Kier alpha value is 0.610. The smallest absolute Gasteiger partial charge is 0.0835 e. The summed E-state index contributed by atoms with van der Waals surface area (Å²) in [4.78, 5) is 0. The van der Waals surface area contributed by atoms with Crippen LogP contribution in [0.25, 0.3) is 0 Å². The standard InChI is InChI=1S/C6H11IN2O/c7-9-3-6-2-8-1-5(9)4-10-6/h5-6,8H,1-4H2. The summed E-state index contributed by atoms with van der Waals surface area (Å²) in [6.07, 6.45) is 0.427. The maximum Gasteiger partial charge on any atom is 0.0835 e. The summed E-state index contributed by atoms with van der Waals surface area (Å²) in [7, 11) is 0. The van der Waals surface area contributed by atoms with Crippen molar-refractivity contribution in [2.45, 2.75) is 12.1 Å². The van der Waals surface area contributed by atoms with Crippen LogP contribution in [0.5, 0.6) is 0 Å². The molecule has 0 aromatic heterocycles. The summed E-state index contributed by atoms with van der Waals surface area (Å²) in [6, 6.07) is 0.597. The number of hydrogen-bond donors (Lipinski definition) is 1. The van der Waals surface area contributed by atoms with E-state index in [1.165, 1.54) is 0 Å². The van der Waals surface area contributed by atoms with Crippen LogP contribution in [0, 0.1) is 0 Å². The SMILES string of the molecule is IN1CC2CNCC1CO2. The van der Waals surface area contributed by atoms with Gasteiger partial charge < -0.3 is 10.1 Å². The molecule has 4 heteroatoms. The van der Waals surface area contributed by atoms with Gasteiger partial charge in [0, 0.05) is 42.5 Å². The summed E-state index contributed by atoms with van der Waals surface area (Å²) >= 11 is 2.39. The zero-order chi connectivity index (χ0) is 6.97. The molecular weight excluding hydrogens is 243 g/mol. The van der Waals surface area contributed by atoms with Crippen molar-refractivity contribution in [3.8, 4) is 0 Å². The Kier molecular flexibility index (Phi) is 2.13. The van der Waals surface area contributed by atoms with Gasteiger partial charge in [0.05, 0.1) is 18.8 Å². The van der Waals surface area contributed by atoms with Crippen molar-refractivity contribution in [1.82, 2.24) is 8.43 Å². The largest absolute Gasteiger partial charge is 0.374 e. The number of rotatable bonds is 0. The Morgan fingerprint density at radius 3 is 3.20 bits per heavy atom. The van der Waals surface area contributed by atoms with Gasteiger partial charge in [-0.3, -0.25) is 0 Å². The fraction of sp³-hybridized carbons (Fsp3) is 1.00. The van der Waals surface area contributed by atoms with E-state index < -0.39 is 0 Å². The first kappa shape index (κ1) is 7.27. The number of ether oxygens (including phenoxy) is 1. The summed E-state index contributed by atoms with van der Waals surface area (Å²) in [5, 5.41) is 3.37. The first-order chi connectivity index (χ1) is 4.86. The molecule has 3 aliphatic heterocycles. The molecule has 10 heavy (non-hydrogen) atoms. The molecule has 2 atom stereocenters. The molecular formula is C6H11IN2O. The van der Waals surface area contributed by atoms with Crippen LogP contribution >= 0.6 is 22.9 Å². The van der Waals surface area contributed by atoms with Crippen molar-refractivity contribution < 1.29 is 4.74 Å². The highest BCUT2D eigenvalue weighted by Crippen LogP contribution is 2.17. The van der Waals surface area contributed by atoms with Crippen LogP contribution < -0.4 is 5.32 Å². The summed E-state index contributed by atoms with van der Waals surface area (Å²) in [6.45, 7) is 4.09. The molecule has 3 saturated heterocycles. The topological polar surface area (TPSA) is 24.5 Å². The van der Waals surface area contributed by atoms with Gasteiger partial charge in [-0.2, -0.15) is 0 Å². The van der Waals surface area contributed by atoms with E-state index in [1.54, 1.807) is 0 Å². The molecule has 3 heterocycles. The van der Waals surface area contributed by atoms with Crippen molar-refractivity contribution in [1.29, 1.82) is 0 Å². The number of hydrogen-bond acceptors (Lipinski definition) is 3. The third-order valence-corrected chi connectivity index (χ3v) is 3.23. The van der Waals surface area contributed by atoms with Crippen LogP contribution in [0.3, 0.4) is 0 Å². The quantitative estimate of drug-likeness (QED) is 0.487. The van der Waals surface area contributed by atoms with E-state index in [9.17, 15) is 0 Å². The fourth-order valence-electron chi connectivity index (χ4n) is 1.42. The highest BCUT2D eigenvalue weighted by atomic mass is 127. The van der Waals surface area contributed by atoms with Gasteiger partial charge in [-0.15, -0.1) is 0 Å². The van der Waals surface area contributed by atoms with Crippen LogP contribution in [-0.2, 0) is 4.74 Å². The fourth-order valence-corrected chi connectivity index (χ4v) is 2.21. The second kappa shape index (κ2) is 2.92. The van der Waals surface area contributed by atoms with Gasteiger partial charge in [0.2, 0.25) is 0 Å². The zero-order valence-electron chi connectivity index (χ0n) is 5.72. The maximum absolute atomic E-state index is 5.56.